The van der Waals surface area contributed by atoms with Crippen molar-refractivity contribution >= 4 is 5.96 Å². The standard InChI is InChI=1S/C23H42N4/c24-22(25-8-2-1-3-10-27-11-4-5-12-27)26-9-6-7-23-16-19-13-20(17-23)15-21(14-19)18-23/h19-21H,1-18H2,(H3,24,25,26). The van der Waals surface area contributed by atoms with Gasteiger partial charge in [-0.2, -0.15) is 0 Å². The van der Waals surface area contributed by atoms with Crippen molar-refractivity contribution in [3.63, 3.8) is 0 Å². The van der Waals surface area contributed by atoms with Crippen LogP contribution < -0.4 is 11.1 Å². The van der Waals surface area contributed by atoms with E-state index in [9.17, 15) is 0 Å². The Morgan fingerprint density at radius 3 is 2.26 bits per heavy atom. The molecule has 0 amide bonds. The molecule has 154 valence electrons. The van der Waals surface area contributed by atoms with Gasteiger partial charge in [-0.15, -0.1) is 0 Å². The van der Waals surface area contributed by atoms with Crippen LogP contribution in [0.3, 0.4) is 0 Å². The predicted molar refractivity (Wildman–Crippen MR) is 114 cm³/mol. The van der Waals surface area contributed by atoms with E-state index in [2.05, 4.69) is 15.2 Å². The highest BCUT2D eigenvalue weighted by atomic mass is 15.1. The lowest BCUT2D eigenvalue weighted by Crippen LogP contribution is -2.46. The molecule has 1 saturated heterocycles. The van der Waals surface area contributed by atoms with Gasteiger partial charge >= 0.3 is 0 Å². The lowest BCUT2D eigenvalue weighted by Gasteiger charge is -2.57. The molecule has 1 heterocycles. The fraction of sp³-hybridized carbons (Fsp3) is 0.957. The van der Waals surface area contributed by atoms with E-state index >= 15 is 0 Å². The third-order valence-corrected chi connectivity index (χ3v) is 7.97. The molecule has 0 unspecified atom stereocenters. The zero-order valence-corrected chi connectivity index (χ0v) is 17.4. The van der Waals surface area contributed by atoms with Gasteiger partial charge in [0.05, 0.1) is 0 Å². The molecule has 5 aliphatic rings. The summed E-state index contributed by atoms with van der Waals surface area (Å²) in [6.07, 6.45) is 18.5. The molecule has 0 radical (unpaired) electrons. The molecule has 0 atom stereocenters. The third kappa shape index (κ3) is 5.40. The summed E-state index contributed by atoms with van der Waals surface area (Å²) in [4.78, 5) is 7.20. The van der Waals surface area contributed by atoms with Crippen LogP contribution >= 0.6 is 0 Å². The van der Waals surface area contributed by atoms with Crippen molar-refractivity contribution in [1.82, 2.24) is 10.2 Å². The minimum absolute atomic E-state index is 0.667. The van der Waals surface area contributed by atoms with Gasteiger partial charge in [0.2, 0.25) is 0 Å². The normalized spacial score (nSPS) is 35.9. The zero-order chi connectivity index (χ0) is 18.5. The van der Waals surface area contributed by atoms with Crippen molar-refractivity contribution in [2.45, 2.75) is 83.5 Å². The van der Waals surface area contributed by atoms with E-state index < -0.39 is 0 Å². The van der Waals surface area contributed by atoms with Crippen LogP contribution in [0.1, 0.15) is 83.5 Å². The molecule has 4 saturated carbocycles. The Bertz CT molecular complexity index is 459. The maximum absolute atomic E-state index is 6.07. The molecule has 5 fully saturated rings. The number of likely N-dealkylation sites (tertiary alicyclic amines) is 1. The molecule has 0 aromatic rings. The summed E-state index contributed by atoms with van der Waals surface area (Å²) in [6, 6.07) is 0. The SMILES string of the molecule is NC(=NCCCC12CC3CC(CC(C3)C1)C2)NCCCCCN1CCCC1. The van der Waals surface area contributed by atoms with E-state index in [4.69, 9.17) is 5.73 Å². The maximum Gasteiger partial charge on any atom is 0.188 e. The Kier molecular flexibility index (Phi) is 6.62. The smallest absolute Gasteiger partial charge is 0.188 e. The second-order valence-corrected chi connectivity index (χ2v) is 10.3. The molecule has 0 aromatic heterocycles. The number of nitrogens with two attached hydrogens (primary N) is 1. The minimum Gasteiger partial charge on any atom is -0.370 e. The Balaban J connectivity index is 1.05. The van der Waals surface area contributed by atoms with E-state index in [0.29, 0.717) is 11.4 Å². The molecule has 4 nitrogen and oxygen atoms in total. The molecule has 5 rings (SSSR count). The molecular weight excluding hydrogens is 332 g/mol. The summed E-state index contributed by atoms with van der Waals surface area (Å²) >= 11 is 0. The van der Waals surface area contributed by atoms with Crippen LogP contribution in [-0.2, 0) is 0 Å². The average Bonchev–Trinajstić information content (AvgIpc) is 3.14. The number of aliphatic imine (C=N–C) groups is 1. The van der Waals surface area contributed by atoms with Crippen molar-refractivity contribution < 1.29 is 0 Å². The lowest BCUT2D eigenvalue weighted by molar-refractivity contribution is -0.0577. The largest absolute Gasteiger partial charge is 0.370 e. The van der Waals surface area contributed by atoms with Gasteiger partial charge in [-0.05, 0) is 120 Å². The number of nitrogens with one attached hydrogen (secondary N) is 1. The second-order valence-electron chi connectivity index (χ2n) is 10.3. The highest BCUT2D eigenvalue weighted by molar-refractivity contribution is 5.77. The number of nitrogens with zero attached hydrogens (tertiary/aromatic N) is 2. The van der Waals surface area contributed by atoms with Gasteiger partial charge in [0.15, 0.2) is 5.96 Å². The number of hydrogen-bond donors (Lipinski definition) is 2. The van der Waals surface area contributed by atoms with Gasteiger partial charge in [0.25, 0.3) is 0 Å². The second kappa shape index (κ2) is 9.15. The molecule has 0 aromatic carbocycles. The van der Waals surface area contributed by atoms with Crippen LogP contribution in [0.15, 0.2) is 4.99 Å². The fourth-order valence-corrected chi connectivity index (χ4v) is 7.17. The monoisotopic (exact) mass is 374 g/mol. The van der Waals surface area contributed by atoms with Crippen LogP contribution in [0.25, 0.3) is 0 Å². The minimum atomic E-state index is 0.667. The van der Waals surface area contributed by atoms with Crippen molar-refractivity contribution in [2.24, 2.45) is 33.9 Å². The number of unbranched alkanes of at least 4 members (excludes halogenated alkanes) is 2. The van der Waals surface area contributed by atoms with Gasteiger partial charge < -0.3 is 16.0 Å². The van der Waals surface area contributed by atoms with E-state index in [0.717, 1.165) is 30.8 Å². The van der Waals surface area contributed by atoms with Gasteiger partial charge in [-0.1, -0.05) is 6.42 Å². The number of hydrogen-bond acceptors (Lipinski definition) is 2. The Morgan fingerprint density at radius 1 is 0.926 bits per heavy atom. The lowest BCUT2D eigenvalue weighted by atomic mass is 9.48. The molecule has 0 spiro atoms. The number of guanidine groups is 1. The predicted octanol–water partition coefficient (Wildman–Crippen LogP) is 4.15. The molecular formula is C23H42N4. The molecule has 4 heteroatoms. The molecule has 27 heavy (non-hydrogen) atoms. The summed E-state index contributed by atoms with van der Waals surface area (Å²) < 4.78 is 0. The van der Waals surface area contributed by atoms with Crippen LogP contribution in [0, 0.1) is 23.2 Å². The molecule has 4 aliphatic carbocycles. The summed E-state index contributed by atoms with van der Waals surface area (Å²) in [5.74, 6) is 3.87. The Labute approximate surface area is 166 Å². The first-order valence-electron chi connectivity index (χ1n) is 12.0. The van der Waals surface area contributed by atoms with Crippen LogP contribution in [-0.4, -0.2) is 43.6 Å². The average molecular weight is 375 g/mol. The topological polar surface area (TPSA) is 53.6 Å². The molecule has 3 N–H and O–H groups in total. The van der Waals surface area contributed by atoms with Crippen LogP contribution in [0.2, 0.25) is 0 Å². The Morgan fingerprint density at radius 2 is 1.59 bits per heavy atom. The molecule has 1 aliphatic heterocycles. The van der Waals surface area contributed by atoms with E-state index in [1.54, 1.807) is 19.3 Å². The highest BCUT2D eigenvalue weighted by Gasteiger charge is 2.50. The van der Waals surface area contributed by atoms with E-state index in [1.165, 1.54) is 83.8 Å². The summed E-state index contributed by atoms with van der Waals surface area (Å²) in [7, 11) is 0. The van der Waals surface area contributed by atoms with Crippen LogP contribution in [0.4, 0.5) is 0 Å². The van der Waals surface area contributed by atoms with E-state index in [-0.39, 0.29) is 0 Å². The first kappa shape index (κ1) is 19.5. The zero-order valence-electron chi connectivity index (χ0n) is 17.4. The molecule has 4 bridgehead atoms. The van der Waals surface area contributed by atoms with Crippen molar-refractivity contribution in [3.8, 4) is 0 Å². The third-order valence-electron chi connectivity index (χ3n) is 7.97. The van der Waals surface area contributed by atoms with Crippen molar-refractivity contribution in [1.29, 1.82) is 0 Å². The van der Waals surface area contributed by atoms with Gasteiger partial charge in [-0.25, -0.2) is 0 Å². The highest BCUT2D eigenvalue weighted by Crippen LogP contribution is 2.61. The maximum atomic E-state index is 6.07. The van der Waals surface area contributed by atoms with Gasteiger partial charge in [0, 0.05) is 13.1 Å². The quantitative estimate of drug-likeness (QED) is 0.343. The van der Waals surface area contributed by atoms with Gasteiger partial charge in [0.1, 0.15) is 0 Å². The summed E-state index contributed by atoms with van der Waals surface area (Å²) in [6.45, 7) is 5.82. The van der Waals surface area contributed by atoms with Crippen molar-refractivity contribution in [3.05, 3.63) is 0 Å². The van der Waals surface area contributed by atoms with Gasteiger partial charge in [-0.3, -0.25) is 4.99 Å². The Hall–Kier alpha value is -0.770. The summed E-state index contributed by atoms with van der Waals surface area (Å²) in [5.41, 5.74) is 6.76. The first-order valence-corrected chi connectivity index (χ1v) is 12.0. The summed E-state index contributed by atoms with van der Waals surface area (Å²) in [5, 5.41) is 3.32. The number of rotatable bonds is 10. The van der Waals surface area contributed by atoms with Crippen LogP contribution in [0.5, 0.6) is 0 Å². The van der Waals surface area contributed by atoms with Crippen molar-refractivity contribution in [2.75, 3.05) is 32.7 Å². The fourth-order valence-electron chi connectivity index (χ4n) is 7.17. The first-order chi connectivity index (χ1) is 13.2. The van der Waals surface area contributed by atoms with E-state index in [1.807, 2.05) is 0 Å².